The Kier molecular flexibility index (Phi) is 4.38. The number of hydrogen-bond donors (Lipinski definition) is 0. The Morgan fingerprint density at radius 3 is 2.32 bits per heavy atom. The summed E-state index contributed by atoms with van der Waals surface area (Å²) in [6, 6.07) is 6.02. The van der Waals surface area contributed by atoms with Crippen molar-refractivity contribution in [2.75, 3.05) is 0 Å². The molecule has 0 aliphatic carbocycles. The number of hydrogen-bond acceptors (Lipinski definition) is 2. The molecule has 0 radical (unpaired) electrons. The van der Waals surface area contributed by atoms with Crippen LogP contribution in [-0.2, 0) is 6.42 Å². The van der Waals surface area contributed by atoms with Crippen molar-refractivity contribution in [3.63, 3.8) is 0 Å². The van der Waals surface area contributed by atoms with Crippen LogP contribution in [0.3, 0.4) is 0 Å². The molecule has 0 bridgehead atoms. The minimum atomic E-state index is -0.348. The van der Waals surface area contributed by atoms with Gasteiger partial charge in [0, 0.05) is 11.1 Å². The van der Waals surface area contributed by atoms with E-state index in [1.165, 1.54) is 12.1 Å². The Morgan fingerprint density at radius 1 is 1.16 bits per heavy atom. The van der Waals surface area contributed by atoms with Gasteiger partial charge in [0.1, 0.15) is 16.1 Å². The van der Waals surface area contributed by atoms with Crippen molar-refractivity contribution in [2.24, 2.45) is 5.92 Å². The molecule has 2 rings (SSSR count). The van der Waals surface area contributed by atoms with E-state index in [-0.39, 0.29) is 5.82 Å². The van der Waals surface area contributed by atoms with Crippen LogP contribution < -0.4 is 0 Å². The monoisotopic (exact) mass is 298 g/mol. The second-order valence-electron chi connectivity index (χ2n) is 4.72. The van der Waals surface area contributed by atoms with Gasteiger partial charge in [-0.2, -0.15) is 0 Å². The van der Waals surface area contributed by atoms with E-state index < -0.39 is 0 Å². The van der Waals surface area contributed by atoms with Crippen molar-refractivity contribution >= 4 is 23.2 Å². The third kappa shape index (κ3) is 3.43. The van der Waals surface area contributed by atoms with Gasteiger partial charge in [0.2, 0.25) is 0 Å². The molecule has 0 atom stereocenters. The predicted octanol–water partition coefficient (Wildman–Crippen LogP) is 4.79. The van der Waals surface area contributed by atoms with E-state index in [2.05, 4.69) is 23.8 Å². The fourth-order valence-corrected chi connectivity index (χ4v) is 2.31. The predicted molar refractivity (Wildman–Crippen MR) is 76.0 cm³/mol. The fraction of sp³-hybridized carbons (Fsp3) is 0.286. The van der Waals surface area contributed by atoms with Gasteiger partial charge in [0.15, 0.2) is 5.82 Å². The van der Waals surface area contributed by atoms with Crippen LogP contribution in [0.2, 0.25) is 10.3 Å². The van der Waals surface area contributed by atoms with E-state index in [0.717, 1.165) is 5.56 Å². The number of nitrogens with zero attached hydrogens (tertiary/aromatic N) is 2. The molecule has 0 N–H and O–H groups in total. The van der Waals surface area contributed by atoms with E-state index in [0.29, 0.717) is 34.0 Å². The van der Waals surface area contributed by atoms with Crippen LogP contribution in [0.15, 0.2) is 24.3 Å². The largest absolute Gasteiger partial charge is 0.216 e. The van der Waals surface area contributed by atoms with Gasteiger partial charge < -0.3 is 0 Å². The molecular weight excluding hydrogens is 286 g/mol. The maximum absolute atomic E-state index is 13.2. The standard InChI is InChI=1S/C14H13Cl2FN2/c1-8(2)6-11-12(15)18-14(19-13(11)16)9-4-3-5-10(17)7-9/h3-5,7-8H,6H2,1-2H3. The van der Waals surface area contributed by atoms with Crippen molar-refractivity contribution in [3.8, 4) is 11.4 Å². The first-order valence-corrected chi connectivity index (χ1v) is 6.71. The maximum atomic E-state index is 13.2. The topological polar surface area (TPSA) is 25.8 Å². The van der Waals surface area contributed by atoms with Crippen LogP contribution in [0.5, 0.6) is 0 Å². The van der Waals surface area contributed by atoms with E-state index in [1.807, 2.05) is 0 Å². The summed E-state index contributed by atoms with van der Waals surface area (Å²) < 4.78 is 13.2. The number of benzene rings is 1. The van der Waals surface area contributed by atoms with Gasteiger partial charge in [-0.05, 0) is 24.5 Å². The molecule has 100 valence electrons. The quantitative estimate of drug-likeness (QED) is 0.762. The minimum Gasteiger partial charge on any atom is -0.216 e. The highest BCUT2D eigenvalue weighted by molar-refractivity contribution is 6.34. The molecule has 0 aliphatic rings. The summed E-state index contributed by atoms with van der Waals surface area (Å²) >= 11 is 12.3. The molecule has 2 aromatic rings. The molecule has 0 spiro atoms. The van der Waals surface area contributed by atoms with Crippen LogP contribution >= 0.6 is 23.2 Å². The molecule has 0 saturated carbocycles. The highest BCUT2D eigenvalue weighted by atomic mass is 35.5. The van der Waals surface area contributed by atoms with E-state index >= 15 is 0 Å². The second kappa shape index (κ2) is 5.85. The summed E-state index contributed by atoms with van der Waals surface area (Å²) in [4.78, 5) is 8.40. The summed E-state index contributed by atoms with van der Waals surface area (Å²) in [6.45, 7) is 4.13. The highest BCUT2D eigenvalue weighted by Crippen LogP contribution is 2.27. The summed E-state index contributed by atoms with van der Waals surface area (Å²) in [5, 5.41) is 0.654. The van der Waals surface area contributed by atoms with Crippen molar-refractivity contribution < 1.29 is 4.39 Å². The molecule has 0 saturated heterocycles. The molecule has 0 fully saturated rings. The van der Waals surface area contributed by atoms with Gasteiger partial charge in [0.25, 0.3) is 0 Å². The third-order valence-electron chi connectivity index (χ3n) is 2.60. The van der Waals surface area contributed by atoms with Crippen LogP contribution in [0.4, 0.5) is 4.39 Å². The normalized spacial score (nSPS) is 11.1. The van der Waals surface area contributed by atoms with Gasteiger partial charge in [-0.3, -0.25) is 0 Å². The lowest BCUT2D eigenvalue weighted by Gasteiger charge is -2.10. The third-order valence-corrected chi connectivity index (χ3v) is 3.23. The Balaban J connectivity index is 2.45. The van der Waals surface area contributed by atoms with Gasteiger partial charge in [-0.15, -0.1) is 0 Å². The van der Waals surface area contributed by atoms with Gasteiger partial charge in [-0.1, -0.05) is 49.2 Å². The molecule has 0 amide bonds. The zero-order valence-corrected chi connectivity index (χ0v) is 12.1. The van der Waals surface area contributed by atoms with Crippen molar-refractivity contribution in [1.29, 1.82) is 0 Å². The smallest absolute Gasteiger partial charge is 0.162 e. The maximum Gasteiger partial charge on any atom is 0.162 e. The first-order chi connectivity index (χ1) is 8.97. The van der Waals surface area contributed by atoms with Crippen molar-refractivity contribution in [1.82, 2.24) is 9.97 Å². The van der Waals surface area contributed by atoms with Crippen molar-refractivity contribution in [3.05, 3.63) is 46.0 Å². The first kappa shape index (κ1) is 14.2. The SMILES string of the molecule is CC(C)Cc1c(Cl)nc(-c2cccc(F)c2)nc1Cl. The Labute approximate surface area is 121 Å². The highest BCUT2D eigenvalue weighted by Gasteiger charge is 2.14. The Hall–Kier alpha value is -1.19. The molecule has 1 aromatic carbocycles. The Bertz CT molecular complexity index is 577. The van der Waals surface area contributed by atoms with Crippen LogP contribution in [0.25, 0.3) is 11.4 Å². The number of rotatable bonds is 3. The average Bonchev–Trinajstić information content (AvgIpc) is 2.33. The minimum absolute atomic E-state index is 0.327. The van der Waals surface area contributed by atoms with Crippen molar-refractivity contribution in [2.45, 2.75) is 20.3 Å². The average molecular weight is 299 g/mol. The summed E-state index contributed by atoms with van der Waals surface area (Å²) in [6.07, 6.45) is 0.709. The molecule has 1 heterocycles. The zero-order valence-electron chi connectivity index (χ0n) is 10.6. The van der Waals surface area contributed by atoms with Gasteiger partial charge >= 0.3 is 0 Å². The molecule has 19 heavy (non-hydrogen) atoms. The molecule has 0 unspecified atom stereocenters. The fourth-order valence-electron chi connectivity index (χ4n) is 1.76. The Morgan fingerprint density at radius 2 is 1.79 bits per heavy atom. The van der Waals surface area contributed by atoms with Crippen LogP contribution in [0, 0.1) is 11.7 Å². The van der Waals surface area contributed by atoms with Crippen LogP contribution in [0.1, 0.15) is 19.4 Å². The van der Waals surface area contributed by atoms with E-state index in [9.17, 15) is 4.39 Å². The molecule has 1 aromatic heterocycles. The molecule has 2 nitrogen and oxygen atoms in total. The van der Waals surface area contributed by atoms with Gasteiger partial charge in [-0.25, -0.2) is 14.4 Å². The second-order valence-corrected chi connectivity index (χ2v) is 5.43. The molecular formula is C14H13Cl2FN2. The summed E-state index contributed by atoms with van der Waals surface area (Å²) in [7, 11) is 0. The number of aromatic nitrogens is 2. The lowest BCUT2D eigenvalue weighted by molar-refractivity contribution is 0.628. The molecule has 0 aliphatic heterocycles. The summed E-state index contributed by atoms with van der Waals surface area (Å²) in [5.74, 6) is 0.389. The first-order valence-electron chi connectivity index (χ1n) is 5.95. The van der Waals surface area contributed by atoms with E-state index in [4.69, 9.17) is 23.2 Å². The lowest BCUT2D eigenvalue weighted by Crippen LogP contribution is -2.01. The zero-order chi connectivity index (χ0) is 14.0. The lowest BCUT2D eigenvalue weighted by atomic mass is 10.1. The number of halogens is 3. The summed E-state index contributed by atoms with van der Waals surface area (Å²) in [5.41, 5.74) is 1.29. The molecule has 5 heteroatoms. The van der Waals surface area contributed by atoms with E-state index in [1.54, 1.807) is 12.1 Å². The van der Waals surface area contributed by atoms with Crippen LogP contribution in [-0.4, -0.2) is 9.97 Å². The van der Waals surface area contributed by atoms with Gasteiger partial charge in [0.05, 0.1) is 0 Å².